The number of fused-ring (bicyclic) bond motifs is 1. The molecule has 1 fully saturated rings. The van der Waals surface area contributed by atoms with Crippen LogP contribution < -0.4 is 0 Å². The lowest BCUT2D eigenvalue weighted by Gasteiger charge is -2.33. The number of allylic oxidation sites excluding steroid dienone is 1. The Balaban J connectivity index is 1.83. The minimum atomic E-state index is -4.29. The SMILES string of the molecule is C=C(C)OC[C@H]1[C@@H]2C(=CN1C(=O)OC(C)(C)C)N(S(=O)(=O)c1ccc(C)cc1)C(=O)N2Cc1ccccc1. The Bertz CT molecular complexity index is 1360. The van der Waals surface area contributed by atoms with E-state index in [1.165, 1.54) is 28.1 Å². The van der Waals surface area contributed by atoms with E-state index >= 15 is 0 Å². The largest absolute Gasteiger partial charge is 0.497 e. The van der Waals surface area contributed by atoms with E-state index in [2.05, 4.69) is 6.58 Å². The molecule has 4 rings (SSSR count). The number of benzene rings is 2. The second kappa shape index (κ2) is 10.2. The number of rotatable bonds is 7. The number of aryl methyl sites for hydroxylation is 1. The van der Waals surface area contributed by atoms with Crippen LogP contribution in [-0.2, 0) is 26.0 Å². The third-order valence-corrected chi connectivity index (χ3v) is 7.86. The molecule has 3 amide bonds. The molecule has 0 aliphatic carbocycles. The van der Waals surface area contributed by atoms with Crippen LogP contribution in [0.4, 0.5) is 9.59 Å². The average molecular weight is 540 g/mol. The summed E-state index contributed by atoms with van der Waals surface area (Å²) in [5.41, 5.74) is 1.06. The van der Waals surface area contributed by atoms with Crippen LogP contribution in [0.3, 0.4) is 0 Å². The number of carbonyl (C=O) groups excluding carboxylic acids is 2. The van der Waals surface area contributed by atoms with Gasteiger partial charge >= 0.3 is 12.1 Å². The van der Waals surface area contributed by atoms with E-state index in [9.17, 15) is 18.0 Å². The zero-order chi connectivity index (χ0) is 27.8. The first-order chi connectivity index (χ1) is 17.8. The molecular formula is C28H33N3O6S. The molecule has 9 nitrogen and oxygen atoms in total. The maximum atomic E-state index is 13.8. The van der Waals surface area contributed by atoms with E-state index in [0.29, 0.717) is 5.76 Å². The van der Waals surface area contributed by atoms with Gasteiger partial charge in [-0.3, -0.25) is 4.90 Å². The maximum absolute atomic E-state index is 13.8. The number of hydrogen-bond donors (Lipinski definition) is 0. The quantitative estimate of drug-likeness (QED) is 0.460. The molecule has 2 aromatic carbocycles. The molecule has 2 aromatic rings. The van der Waals surface area contributed by atoms with Crippen molar-refractivity contribution in [3.63, 3.8) is 0 Å². The van der Waals surface area contributed by atoms with E-state index in [4.69, 9.17) is 9.47 Å². The minimum absolute atomic E-state index is 0.0176. The maximum Gasteiger partial charge on any atom is 0.414 e. The fraction of sp³-hybridized carbons (Fsp3) is 0.357. The van der Waals surface area contributed by atoms with Gasteiger partial charge in [0.2, 0.25) is 0 Å². The number of ether oxygens (including phenoxy) is 2. The van der Waals surface area contributed by atoms with Gasteiger partial charge in [0.15, 0.2) is 0 Å². The summed E-state index contributed by atoms with van der Waals surface area (Å²) in [6.45, 7) is 12.6. The predicted octanol–water partition coefficient (Wildman–Crippen LogP) is 5.00. The van der Waals surface area contributed by atoms with Crippen LogP contribution in [0.1, 0.15) is 38.8 Å². The molecule has 0 bridgehead atoms. The summed E-state index contributed by atoms with van der Waals surface area (Å²) in [6, 6.07) is 13.3. The third-order valence-electron chi connectivity index (χ3n) is 6.15. The molecule has 0 saturated carbocycles. The summed E-state index contributed by atoms with van der Waals surface area (Å²) in [6.07, 6.45) is 0.717. The van der Waals surface area contributed by atoms with Crippen molar-refractivity contribution in [2.45, 2.75) is 63.7 Å². The number of hydrogen-bond acceptors (Lipinski definition) is 6. The van der Waals surface area contributed by atoms with Gasteiger partial charge in [0.25, 0.3) is 10.0 Å². The summed E-state index contributed by atoms with van der Waals surface area (Å²) >= 11 is 0. The summed E-state index contributed by atoms with van der Waals surface area (Å²) in [5, 5.41) is 0. The topological polar surface area (TPSA) is 96.5 Å². The van der Waals surface area contributed by atoms with Crippen LogP contribution in [0.2, 0.25) is 0 Å². The first kappa shape index (κ1) is 27.3. The summed E-state index contributed by atoms with van der Waals surface area (Å²) < 4.78 is 39.8. The van der Waals surface area contributed by atoms with Crippen molar-refractivity contribution in [3.05, 3.63) is 90.0 Å². The number of urea groups is 1. The van der Waals surface area contributed by atoms with Crippen molar-refractivity contribution in [2.24, 2.45) is 0 Å². The number of nitrogens with zero attached hydrogens (tertiary/aromatic N) is 3. The number of amides is 3. The van der Waals surface area contributed by atoms with E-state index < -0.39 is 39.8 Å². The van der Waals surface area contributed by atoms with E-state index in [0.717, 1.165) is 15.4 Å². The van der Waals surface area contributed by atoms with Crippen LogP contribution >= 0.6 is 0 Å². The fourth-order valence-corrected chi connectivity index (χ4v) is 5.89. The molecule has 2 aliphatic heterocycles. The second-order valence-electron chi connectivity index (χ2n) is 10.4. The van der Waals surface area contributed by atoms with Gasteiger partial charge in [-0.25, -0.2) is 18.0 Å². The first-order valence-electron chi connectivity index (χ1n) is 12.3. The Hall–Kier alpha value is -3.79. The number of sulfonamides is 1. The molecule has 38 heavy (non-hydrogen) atoms. The lowest BCUT2D eigenvalue weighted by atomic mass is 10.1. The third kappa shape index (κ3) is 5.40. The Morgan fingerprint density at radius 3 is 2.26 bits per heavy atom. The summed E-state index contributed by atoms with van der Waals surface area (Å²) in [7, 11) is -4.29. The van der Waals surface area contributed by atoms with Gasteiger partial charge in [-0.2, -0.15) is 4.31 Å². The number of carbonyl (C=O) groups is 2. The van der Waals surface area contributed by atoms with Crippen molar-refractivity contribution < 1.29 is 27.5 Å². The predicted molar refractivity (Wildman–Crippen MR) is 142 cm³/mol. The van der Waals surface area contributed by atoms with Gasteiger partial charge in [-0.1, -0.05) is 54.6 Å². The summed E-state index contributed by atoms with van der Waals surface area (Å²) in [4.78, 5) is 29.9. The molecule has 202 valence electrons. The van der Waals surface area contributed by atoms with Gasteiger partial charge in [0.1, 0.15) is 24.3 Å². The van der Waals surface area contributed by atoms with Crippen LogP contribution in [0.25, 0.3) is 0 Å². The Morgan fingerprint density at radius 1 is 1.05 bits per heavy atom. The van der Waals surface area contributed by atoms with Crippen molar-refractivity contribution in [1.82, 2.24) is 14.1 Å². The lowest BCUT2D eigenvalue weighted by Crippen LogP contribution is -2.50. The van der Waals surface area contributed by atoms with Crippen LogP contribution in [0.15, 0.2) is 83.7 Å². The van der Waals surface area contributed by atoms with E-state index in [-0.39, 0.29) is 23.7 Å². The van der Waals surface area contributed by atoms with Gasteiger partial charge in [-0.15, -0.1) is 0 Å². The summed E-state index contributed by atoms with van der Waals surface area (Å²) in [5.74, 6) is 0.422. The normalized spacial score (nSPS) is 19.3. The van der Waals surface area contributed by atoms with E-state index in [1.807, 2.05) is 37.3 Å². The highest BCUT2D eigenvalue weighted by Crippen LogP contribution is 2.41. The van der Waals surface area contributed by atoms with Gasteiger partial charge in [-0.05, 0) is 52.3 Å². The van der Waals surface area contributed by atoms with Crippen LogP contribution in [-0.4, -0.2) is 58.9 Å². The minimum Gasteiger partial charge on any atom is -0.497 e. The standard InChI is InChI=1S/C28H33N3O6S/c1-19(2)36-18-24-25-23(17-29(24)27(33)37-28(4,5)6)31(38(34,35)22-14-12-20(3)13-15-22)26(32)30(25)16-21-10-8-7-9-11-21/h7-15,17,24-25H,1,16,18H2,2-6H3/t24-,25-/m0/s1. The molecule has 10 heteroatoms. The Morgan fingerprint density at radius 2 is 1.68 bits per heavy atom. The zero-order valence-electron chi connectivity index (χ0n) is 22.2. The smallest absolute Gasteiger partial charge is 0.414 e. The lowest BCUT2D eigenvalue weighted by molar-refractivity contribution is 0.0158. The molecule has 2 aliphatic rings. The Kier molecular flexibility index (Phi) is 7.29. The second-order valence-corrected chi connectivity index (χ2v) is 12.2. The van der Waals surface area contributed by atoms with Gasteiger partial charge in [0, 0.05) is 12.7 Å². The van der Waals surface area contributed by atoms with Gasteiger partial charge in [0.05, 0.1) is 16.4 Å². The molecule has 2 heterocycles. The monoisotopic (exact) mass is 539 g/mol. The fourth-order valence-electron chi connectivity index (χ4n) is 4.46. The Labute approximate surface area is 224 Å². The van der Waals surface area contributed by atoms with Crippen molar-refractivity contribution in [2.75, 3.05) is 6.61 Å². The molecule has 0 unspecified atom stereocenters. The van der Waals surface area contributed by atoms with Gasteiger partial charge < -0.3 is 14.4 Å². The van der Waals surface area contributed by atoms with Crippen molar-refractivity contribution in [1.29, 1.82) is 0 Å². The molecule has 0 aromatic heterocycles. The highest BCUT2D eigenvalue weighted by atomic mass is 32.2. The van der Waals surface area contributed by atoms with Crippen LogP contribution in [0, 0.1) is 6.92 Å². The molecule has 1 saturated heterocycles. The van der Waals surface area contributed by atoms with Crippen molar-refractivity contribution in [3.8, 4) is 0 Å². The van der Waals surface area contributed by atoms with Crippen molar-refractivity contribution >= 4 is 22.1 Å². The molecular weight excluding hydrogens is 506 g/mol. The molecule has 0 radical (unpaired) electrons. The zero-order valence-corrected chi connectivity index (χ0v) is 23.1. The molecule has 0 spiro atoms. The average Bonchev–Trinajstić information content (AvgIpc) is 3.32. The highest BCUT2D eigenvalue weighted by molar-refractivity contribution is 7.89. The highest BCUT2D eigenvalue weighted by Gasteiger charge is 2.56. The first-order valence-corrected chi connectivity index (χ1v) is 13.7. The van der Waals surface area contributed by atoms with E-state index in [1.54, 1.807) is 39.8 Å². The van der Waals surface area contributed by atoms with Crippen LogP contribution in [0.5, 0.6) is 0 Å². The molecule has 2 atom stereocenters. The molecule has 0 N–H and O–H groups in total.